The molecule has 1 aliphatic carbocycles. The smallest absolute Gasteiger partial charge is 0.244 e. The quantitative estimate of drug-likeness (QED) is 0.753. The number of amides is 1. The van der Waals surface area contributed by atoms with E-state index in [-0.39, 0.29) is 11.9 Å². The Hall–Kier alpha value is -3.02. The molecule has 27 heavy (non-hydrogen) atoms. The summed E-state index contributed by atoms with van der Waals surface area (Å²) in [5, 5.41) is 7.77. The van der Waals surface area contributed by atoms with Gasteiger partial charge in [-0.3, -0.25) is 9.48 Å². The molecule has 0 bridgehead atoms. The lowest BCUT2D eigenvalue weighted by Gasteiger charge is -2.16. The Balaban J connectivity index is 1.51. The van der Waals surface area contributed by atoms with E-state index in [0.717, 1.165) is 29.7 Å². The van der Waals surface area contributed by atoms with Gasteiger partial charge in [-0.2, -0.15) is 5.10 Å². The molecule has 2 aromatic heterocycles. The van der Waals surface area contributed by atoms with E-state index in [1.54, 1.807) is 23.1 Å². The standard InChI is InChI=1S/C21H23N5O/c1-15(21(27)24-18-8-2-3-9-18)26-13-10-19(25-26)16-6-4-7-17(14-16)20-22-11-5-12-23-20/h4-7,10-15,18H,2-3,8-9H2,1H3,(H,24,27)/t15-/m1/s1. The van der Waals surface area contributed by atoms with Crippen molar-refractivity contribution < 1.29 is 4.79 Å². The van der Waals surface area contributed by atoms with E-state index in [9.17, 15) is 4.79 Å². The van der Waals surface area contributed by atoms with Crippen LogP contribution in [0.4, 0.5) is 0 Å². The summed E-state index contributed by atoms with van der Waals surface area (Å²) in [6, 6.07) is 11.7. The Morgan fingerprint density at radius 1 is 1.11 bits per heavy atom. The van der Waals surface area contributed by atoms with Gasteiger partial charge in [0.2, 0.25) is 5.91 Å². The molecule has 1 aromatic carbocycles. The number of rotatable bonds is 5. The van der Waals surface area contributed by atoms with E-state index in [4.69, 9.17) is 0 Å². The molecule has 0 spiro atoms. The summed E-state index contributed by atoms with van der Waals surface area (Å²) >= 11 is 0. The number of benzene rings is 1. The van der Waals surface area contributed by atoms with Crippen LogP contribution in [0.3, 0.4) is 0 Å². The van der Waals surface area contributed by atoms with Gasteiger partial charge >= 0.3 is 0 Å². The molecule has 1 atom stereocenters. The first-order valence-corrected chi connectivity index (χ1v) is 9.44. The molecule has 2 heterocycles. The third kappa shape index (κ3) is 3.89. The molecule has 1 N–H and O–H groups in total. The van der Waals surface area contributed by atoms with Crippen LogP contribution < -0.4 is 5.32 Å². The molecule has 0 radical (unpaired) electrons. The van der Waals surface area contributed by atoms with Crippen LogP contribution in [-0.2, 0) is 4.79 Å². The Kier molecular flexibility index (Phi) is 4.96. The number of carbonyl (C=O) groups excluding carboxylic acids is 1. The SMILES string of the molecule is C[C@H](C(=O)NC1CCCC1)n1ccc(-c2cccc(-c3ncccn3)c2)n1. The van der Waals surface area contributed by atoms with Crippen molar-refractivity contribution in [3.8, 4) is 22.6 Å². The van der Waals surface area contributed by atoms with Gasteiger partial charge in [-0.1, -0.05) is 31.0 Å². The summed E-state index contributed by atoms with van der Waals surface area (Å²) in [6.07, 6.45) is 9.89. The van der Waals surface area contributed by atoms with Crippen molar-refractivity contribution >= 4 is 5.91 Å². The van der Waals surface area contributed by atoms with Gasteiger partial charge in [0.25, 0.3) is 0 Å². The maximum atomic E-state index is 12.5. The molecule has 138 valence electrons. The summed E-state index contributed by atoms with van der Waals surface area (Å²) in [7, 11) is 0. The molecule has 0 unspecified atom stereocenters. The van der Waals surface area contributed by atoms with Crippen LogP contribution in [0.25, 0.3) is 22.6 Å². The fourth-order valence-corrected chi connectivity index (χ4v) is 3.49. The first-order valence-electron chi connectivity index (χ1n) is 9.44. The number of nitrogens with zero attached hydrogens (tertiary/aromatic N) is 4. The van der Waals surface area contributed by atoms with Crippen molar-refractivity contribution in [3.63, 3.8) is 0 Å². The highest BCUT2D eigenvalue weighted by molar-refractivity contribution is 5.80. The average molecular weight is 361 g/mol. The third-order valence-electron chi connectivity index (χ3n) is 5.07. The molecule has 6 heteroatoms. The van der Waals surface area contributed by atoms with Crippen molar-refractivity contribution in [2.45, 2.75) is 44.7 Å². The number of hydrogen-bond acceptors (Lipinski definition) is 4. The molecule has 6 nitrogen and oxygen atoms in total. The summed E-state index contributed by atoms with van der Waals surface area (Å²) < 4.78 is 1.73. The number of nitrogens with one attached hydrogen (secondary N) is 1. The Labute approximate surface area is 158 Å². The molecule has 1 saturated carbocycles. The van der Waals surface area contributed by atoms with E-state index < -0.39 is 0 Å². The molecule has 4 rings (SSSR count). The second kappa shape index (κ2) is 7.70. The van der Waals surface area contributed by atoms with Gasteiger partial charge in [0.05, 0.1) is 5.69 Å². The number of hydrogen-bond donors (Lipinski definition) is 1. The molecular formula is C21H23N5O. The zero-order valence-electron chi connectivity index (χ0n) is 15.4. The first-order chi connectivity index (χ1) is 13.2. The third-order valence-corrected chi connectivity index (χ3v) is 5.07. The van der Waals surface area contributed by atoms with Crippen molar-refractivity contribution in [1.82, 2.24) is 25.1 Å². The van der Waals surface area contributed by atoms with Gasteiger partial charge < -0.3 is 5.32 Å². The molecule has 0 saturated heterocycles. The lowest BCUT2D eigenvalue weighted by Crippen LogP contribution is -2.37. The molecule has 1 fully saturated rings. The fourth-order valence-electron chi connectivity index (χ4n) is 3.49. The van der Waals surface area contributed by atoms with Crippen LogP contribution in [0.2, 0.25) is 0 Å². The van der Waals surface area contributed by atoms with Gasteiger partial charge in [0.1, 0.15) is 6.04 Å². The normalized spacial score (nSPS) is 15.6. The van der Waals surface area contributed by atoms with Crippen molar-refractivity contribution in [1.29, 1.82) is 0 Å². The minimum Gasteiger partial charge on any atom is -0.352 e. The second-order valence-electron chi connectivity index (χ2n) is 7.00. The van der Waals surface area contributed by atoms with Gasteiger partial charge in [-0.15, -0.1) is 0 Å². The predicted octanol–water partition coefficient (Wildman–Crippen LogP) is 3.63. The molecule has 1 aliphatic rings. The van der Waals surface area contributed by atoms with E-state index >= 15 is 0 Å². The molecular weight excluding hydrogens is 338 g/mol. The summed E-state index contributed by atoms with van der Waals surface area (Å²) in [5.74, 6) is 0.714. The van der Waals surface area contributed by atoms with Crippen LogP contribution in [-0.4, -0.2) is 31.7 Å². The first kappa shape index (κ1) is 17.4. The summed E-state index contributed by atoms with van der Waals surface area (Å²) in [6.45, 7) is 1.88. The van der Waals surface area contributed by atoms with Crippen molar-refractivity contribution in [2.75, 3.05) is 0 Å². The monoisotopic (exact) mass is 361 g/mol. The topological polar surface area (TPSA) is 72.7 Å². The van der Waals surface area contributed by atoms with Gasteiger partial charge in [0.15, 0.2) is 5.82 Å². The van der Waals surface area contributed by atoms with Crippen LogP contribution in [0, 0.1) is 0 Å². The zero-order chi connectivity index (χ0) is 18.6. The van der Waals surface area contributed by atoms with Crippen LogP contribution >= 0.6 is 0 Å². The molecule has 3 aromatic rings. The summed E-state index contributed by atoms with van der Waals surface area (Å²) in [4.78, 5) is 21.1. The average Bonchev–Trinajstić information content (AvgIpc) is 3.40. The Morgan fingerprint density at radius 3 is 2.63 bits per heavy atom. The van der Waals surface area contributed by atoms with E-state index in [1.165, 1.54) is 12.8 Å². The summed E-state index contributed by atoms with van der Waals surface area (Å²) in [5.41, 5.74) is 2.74. The Morgan fingerprint density at radius 2 is 1.85 bits per heavy atom. The fraction of sp³-hybridized carbons (Fsp3) is 0.333. The lowest BCUT2D eigenvalue weighted by molar-refractivity contribution is -0.124. The molecule has 0 aliphatic heterocycles. The minimum atomic E-state index is -0.333. The van der Waals surface area contributed by atoms with E-state index in [2.05, 4.69) is 20.4 Å². The number of aromatic nitrogens is 4. The van der Waals surface area contributed by atoms with Crippen molar-refractivity contribution in [2.24, 2.45) is 0 Å². The van der Waals surface area contributed by atoms with E-state index in [1.807, 2.05) is 43.5 Å². The zero-order valence-corrected chi connectivity index (χ0v) is 15.4. The predicted molar refractivity (Wildman–Crippen MR) is 104 cm³/mol. The van der Waals surface area contributed by atoms with Crippen LogP contribution in [0.15, 0.2) is 55.0 Å². The van der Waals surface area contributed by atoms with Crippen molar-refractivity contribution in [3.05, 3.63) is 55.0 Å². The van der Waals surface area contributed by atoms with Crippen LogP contribution in [0.1, 0.15) is 38.6 Å². The Bertz CT molecular complexity index is 915. The second-order valence-corrected chi connectivity index (χ2v) is 7.00. The molecule has 1 amide bonds. The van der Waals surface area contributed by atoms with Gasteiger partial charge in [-0.05, 0) is 38.0 Å². The van der Waals surface area contributed by atoms with Gasteiger partial charge in [-0.25, -0.2) is 9.97 Å². The highest BCUT2D eigenvalue weighted by Gasteiger charge is 2.22. The maximum absolute atomic E-state index is 12.5. The highest BCUT2D eigenvalue weighted by atomic mass is 16.2. The minimum absolute atomic E-state index is 0.0305. The maximum Gasteiger partial charge on any atom is 0.244 e. The lowest BCUT2D eigenvalue weighted by atomic mass is 10.1. The van der Waals surface area contributed by atoms with E-state index in [0.29, 0.717) is 11.9 Å². The number of carbonyl (C=O) groups is 1. The highest BCUT2D eigenvalue weighted by Crippen LogP contribution is 2.24. The van der Waals surface area contributed by atoms with Gasteiger partial charge in [0, 0.05) is 35.8 Å². The largest absolute Gasteiger partial charge is 0.352 e. The van der Waals surface area contributed by atoms with Crippen LogP contribution in [0.5, 0.6) is 0 Å².